The van der Waals surface area contributed by atoms with E-state index in [0.717, 1.165) is 5.56 Å². The minimum atomic E-state index is -0.991. The van der Waals surface area contributed by atoms with Gasteiger partial charge in [0.25, 0.3) is 0 Å². The Labute approximate surface area is 162 Å². The molecule has 0 aromatic heterocycles. The van der Waals surface area contributed by atoms with E-state index >= 15 is 0 Å². The highest BCUT2D eigenvalue weighted by Gasteiger charge is 2.24. The van der Waals surface area contributed by atoms with Crippen LogP contribution in [-0.4, -0.2) is 35.1 Å². The number of hydrogen-bond donors (Lipinski definition) is 4. The third-order valence-corrected chi connectivity index (χ3v) is 3.98. The molecule has 0 fully saturated rings. The fourth-order valence-corrected chi connectivity index (χ4v) is 2.37. The molecule has 0 saturated heterocycles. The topological polar surface area (TPSA) is 131 Å². The molecule has 5 N–H and O–H groups in total. The lowest BCUT2D eigenvalue weighted by atomic mass is 10.0. The second-order valence-corrected chi connectivity index (χ2v) is 6.26. The van der Waals surface area contributed by atoms with Gasteiger partial charge in [0.05, 0.1) is 0 Å². The van der Waals surface area contributed by atoms with E-state index in [4.69, 9.17) is 10.5 Å². The number of phenolic OH excluding ortho intramolecular Hbond substituents is 1. The number of carbonyl (C=O) groups is 3. The molecule has 0 radical (unpaired) electrons. The van der Waals surface area contributed by atoms with Gasteiger partial charge in [-0.1, -0.05) is 42.5 Å². The van der Waals surface area contributed by atoms with Gasteiger partial charge in [-0.3, -0.25) is 9.59 Å². The van der Waals surface area contributed by atoms with Gasteiger partial charge >= 0.3 is 6.09 Å². The van der Waals surface area contributed by atoms with Crippen molar-refractivity contribution < 1.29 is 24.2 Å². The van der Waals surface area contributed by atoms with Gasteiger partial charge in [0.2, 0.25) is 11.8 Å². The van der Waals surface area contributed by atoms with Crippen LogP contribution in [0.25, 0.3) is 0 Å². The van der Waals surface area contributed by atoms with Gasteiger partial charge in [-0.25, -0.2) is 4.79 Å². The van der Waals surface area contributed by atoms with Crippen molar-refractivity contribution in [3.8, 4) is 5.75 Å². The highest BCUT2D eigenvalue weighted by molar-refractivity contribution is 5.90. The molecule has 2 aromatic rings. The monoisotopic (exact) mass is 385 g/mol. The van der Waals surface area contributed by atoms with E-state index in [-0.39, 0.29) is 18.8 Å². The first kappa shape index (κ1) is 20.8. The van der Waals surface area contributed by atoms with Crippen LogP contribution in [0.2, 0.25) is 0 Å². The summed E-state index contributed by atoms with van der Waals surface area (Å²) >= 11 is 0. The van der Waals surface area contributed by atoms with E-state index in [9.17, 15) is 19.5 Å². The predicted molar refractivity (Wildman–Crippen MR) is 102 cm³/mol. The minimum Gasteiger partial charge on any atom is -0.508 e. The third-order valence-electron chi connectivity index (χ3n) is 3.98. The number of aromatic hydroxyl groups is 1. The largest absolute Gasteiger partial charge is 0.508 e. The summed E-state index contributed by atoms with van der Waals surface area (Å²) in [4.78, 5) is 35.9. The quantitative estimate of drug-likeness (QED) is 0.543. The summed E-state index contributed by atoms with van der Waals surface area (Å²) in [6.07, 6.45) is -0.632. The SMILES string of the molecule is CC(NC(=O)C(Cc1ccc(O)cc1)NC(=O)OCc1ccccc1)C(N)=O. The van der Waals surface area contributed by atoms with Crippen LogP contribution in [0, 0.1) is 0 Å². The molecule has 148 valence electrons. The Balaban J connectivity index is 2.03. The number of rotatable bonds is 8. The van der Waals surface area contributed by atoms with Crippen molar-refractivity contribution in [2.45, 2.75) is 32.0 Å². The van der Waals surface area contributed by atoms with E-state index in [1.54, 1.807) is 12.1 Å². The highest BCUT2D eigenvalue weighted by atomic mass is 16.5. The number of amides is 3. The van der Waals surface area contributed by atoms with Crippen molar-refractivity contribution in [2.75, 3.05) is 0 Å². The first-order valence-corrected chi connectivity index (χ1v) is 8.70. The molecule has 0 aliphatic heterocycles. The summed E-state index contributed by atoms with van der Waals surface area (Å²) in [6.45, 7) is 1.50. The molecule has 0 spiro atoms. The van der Waals surface area contributed by atoms with Crippen LogP contribution in [0.4, 0.5) is 4.79 Å². The number of hydrogen-bond acceptors (Lipinski definition) is 5. The Morgan fingerprint density at radius 2 is 1.64 bits per heavy atom. The zero-order chi connectivity index (χ0) is 20.5. The first-order chi connectivity index (χ1) is 13.3. The van der Waals surface area contributed by atoms with Crippen LogP contribution >= 0.6 is 0 Å². The van der Waals surface area contributed by atoms with Crippen LogP contribution in [-0.2, 0) is 27.4 Å². The smallest absolute Gasteiger partial charge is 0.408 e. The van der Waals surface area contributed by atoms with Crippen LogP contribution in [0.15, 0.2) is 54.6 Å². The van der Waals surface area contributed by atoms with Crippen molar-refractivity contribution in [2.24, 2.45) is 5.73 Å². The van der Waals surface area contributed by atoms with Crippen LogP contribution < -0.4 is 16.4 Å². The number of phenols is 1. The van der Waals surface area contributed by atoms with E-state index in [2.05, 4.69) is 10.6 Å². The molecule has 0 bridgehead atoms. The summed E-state index contributed by atoms with van der Waals surface area (Å²) in [5, 5.41) is 14.3. The molecule has 0 aliphatic carbocycles. The molecule has 8 nitrogen and oxygen atoms in total. The van der Waals surface area contributed by atoms with Crippen LogP contribution in [0.3, 0.4) is 0 Å². The molecule has 28 heavy (non-hydrogen) atoms. The van der Waals surface area contributed by atoms with Gasteiger partial charge in [-0.05, 0) is 30.2 Å². The van der Waals surface area contributed by atoms with Gasteiger partial charge in [0, 0.05) is 6.42 Å². The summed E-state index contributed by atoms with van der Waals surface area (Å²) in [5.74, 6) is -1.18. The highest BCUT2D eigenvalue weighted by Crippen LogP contribution is 2.12. The number of benzene rings is 2. The summed E-state index contributed by atoms with van der Waals surface area (Å²) in [5.41, 5.74) is 6.68. The molecule has 8 heteroatoms. The Hall–Kier alpha value is -3.55. The Kier molecular flexibility index (Phi) is 7.38. The molecule has 2 unspecified atom stereocenters. The summed E-state index contributed by atoms with van der Waals surface area (Å²) < 4.78 is 5.16. The molecule has 3 amide bonds. The number of ether oxygens (including phenoxy) is 1. The summed E-state index contributed by atoms with van der Waals surface area (Å²) in [7, 11) is 0. The number of primary amides is 1. The van der Waals surface area contributed by atoms with Crippen molar-refractivity contribution in [1.29, 1.82) is 0 Å². The molecule has 2 rings (SSSR count). The van der Waals surface area contributed by atoms with E-state index in [1.165, 1.54) is 19.1 Å². The molecule has 0 aliphatic rings. The van der Waals surface area contributed by atoms with E-state index < -0.39 is 30.0 Å². The second-order valence-electron chi connectivity index (χ2n) is 6.26. The number of alkyl carbamates (subject to hydrolysis) is 1. The lowest BCUT2D eigenvalue weighted by molar-refractivity contribution is -0.128. The van der Waals surface area contributed by atoms with Crippen LogP contribution in [0.1, 0.15) is 18.1 Å². The maximum absolute atomic E-state index is 12.5. The molecule has 0 saturated carbocycles. The molecular formula is C20H23N3O5. The molecule has 0 heterocycles. The van der Waals surface area contributed by atoms with Gasteiger partial charge in [-0.15, -0.1) is 0 Å². The first-order valence-electron chi connectivity index (χ1n) is 8.70. The fourth-order valence-electron chi connectivity index (χ4n) is 2.37. The lowest BCUT2D eigenvalue weighted by Crippen LogP contribution is -2.52. The van der Waals surface area contributed by atoms with Crippen molar-refractivity contribution in [3.05, 3.63) is 65.7 Å². The number of carbonyl (C=O) groups excluding carboxylic acids is 3. The number of nitrogens with two attached hydrogens (primary N) is 1. The molecule has 2 aromatic carbocycles. The zero-order valence-corrected chi connectivity index (χ0v) is 15.4. The van der Waals surface area contributed by atoms with E-state index in [1.807, 2.05) is 30.3 Å². The maximum atomic E-state index is 12.5. The Morgan fingerprint density at radius 1 is 1.00 bits per heavy atom. The fraction of sp³-hybridized carbons (Fsp3) is 0.250. The second kappa shape index (κ2) is 9.96. The maximum Gasteiger partial charge on any atom is 0.408 e. The molecular weight excluding hydrogens is 362 g/mol. The predicted octanol–water partition coefficient (Wildman–Crippen LogP) is 1.22. The van der Waals surface area contributed by atoms with Crippen LogP contribution in [0.5, 0.6) is 5.75 Å². The normalized spacial score (nSPS) is 12.5. The molecule has 2 atom stereocenters. The van der Waals surface area contributed by atoms with Gasteiger partial charge in [0.15, 0.2) is 0 Å². The zero-order valence-electron chi connectivity index (χ0n) is 15.4. The van der Waals surface area contributed by atoms with Crippen molar-refractivity contribution >= 4 is 17.9 Å². The lowest BCUT2D eigenvalue weighted by Gasteiger charge is -2.20. The van der Waals surface area contributed by atoms with Crippen molar-refractivity contribution in [1.82, 2.24) is 10.6 Å². The summed E-state index contributed by atoms with van der Waals surface area (Å²) in [6, 6.07) is 13.4. The standard InChI is InChI=1S/C20H23N3O5/c1-13(18(21)25)22-19(26)17(11-14-7-9-16(24)10-8-14)23-20(27)28-12-15-5-3-2-4-6-15/h2-10,13,17,24H,11-12H2,1H3,(H2,21,25)(H,22,26)(H,23,27). The van der Waals surface area contributed by atoms with E-state index in [0.29, 0.717) is 5.56 Å². The average molecular weight is 385 g/mol. The third kappa shape index (κ3) is 6.64. The van der Waals surface area contributed by atoms with Gasteiger partial charge < -0.3 is 26.2 Å². The van der Waals surface area contributed by atoms with Crippen molar-refractivity contribution in [3.63, 3.8) is 0 Å². The number of nitrogens with one attached hydrogen (secondary N) is 2. The Bertz CT molecular complexity index is 808. The van der Waals surface area contributed by atoms with Gasteiger partial charge in [0.1, 0.15) is 24.4 Å². The Morgan fingerprint density at radius 3 is 2.25 bits per heavy atom. The average Bonchev–Trinajstić information content (AvgIpc) is 2.68. The minimum absolute atomic E-state index is 0.0535. The van der Waals surface area contributed by atoms with Gasteiger partial charge in [-0.2, -0.15) is 0 Å².